The predicted octanol–water partition coefficient (Wildman–Crippen LogP) is 5.26. The van der Waals surface area contributed by atoms with Crippen LogP contribution in [0.3, 0.4) is 0 Å². The van der Waals surface area contributed by atoms with Crippen molar-refractivity contribution in [1.29, 1.82) is 0 Å². The zero-order valence-corrected chi connectivity index (χ0v) is 21.9. The highest BCUT2D eigenvalue weighted by Gasteiger charge is 2.34. The van der Waals surface area contributed by atoms with Gasteiger partial charge in [-0.15, -0.1) is 0 Å². The largest absolute Gasteiger partial charge is 0.455 e. The summed E-state index contributed by atoms with van der Waals surface area (Å²) in [5, 5.41) is 3.97. The molecule has 36 heavy (non-hydrogen) atoms. The van der Waals surface area contributed by atoms with Crippen LogP contribution in [-0.2, 0) is 16.7 Å². The topological polar surface area (TPSA) is 79.8 Å². The average Bonchev–Trinajstić information content (AvgIpc) is 2.84. The van der Waals surface area contributed by atoms with Gasteiger partial charge in [0.25, 0.3) is 5.91 Å². The van der Waals surface area contributed by atoms with Crippen LogP contribution in [0.25, 0.3) is 0 Å². The van der Waals surface area contributed by atoms with Gasteiger partial charge in [0.05, 0.1) is 22.3 Å². The molecule has 0 bridgehead atoms. The first-order valence-electron chi connectivity index (χ1n) is 11.7. The van der Waals surface area contributed by atoms with E-state index in [1.165, 1.54) is 22.2 Å². The third kappa shape index (κ3) is 4.50. The summed E-state index contributed by atoms with van der Waals surface area (Å²) in [5.74, 6) is 0.235. The van der Waals surface area contributed by atoms with Crippen LogP contribution in [0.15, 0.2) is 42.6 Å². The van der Waals surface area contributed by atoms with Gasteiger partial charge < -0.3 is 14.8 Å². The van der Waals surface area contributed by atoms with Gasteiger partial charge in [0, 0.05) is 37.6 Å². The van der Waals surface area contributed by atoms with Crippen LogP contribution in [0.1, 0.15) is 35.3 Å². The van der Waals surface area contributed by atoms with Crippen LogP contribution < -0.4 is 15.0 Å². The van der Waals surface area contributed by atoms with Gasteiger partial charge in [0.2, 0.25) is 11.8 Å². The number of methoxy groups -OCH3 is 1. The van der Waals surface area contributed by atoms with Gasteiger partial charge in [0.15, 0.2) is 6.73 Å². The third-order valence-electron chi connectivity index (χ3n) is 6.79. The molecule has 0 radical (unpaired) electrons. The number of para-hydroxylation sites is 1. The fourth-order valence-electron chi connectivity index (χ4n) is 4.83. The number of fused-ring (bicyclic) bond motifs is 2. The first kappa shape index (κ1) is 24.8. The Bertz CT molecular complexity index is 1300. The lowest BCUT2D eigenvalue weighted by molar-refractivity contribution is 0.0677. The number of benzene rings is 2. The summed E-state index contributed by atoms with van der Waals surface area (Å²) in [6, 6.07) is 11.4. The third-order valence-corrected chi connectivity index (χ3v) is 7.40. The molecule has 3 aromatic rings. The van der Waals surface area contributed by atoms with E-state index in [2.05, 4.69) is 46.2 Å². The van der Waals surface area contributed by atoms with Crippen LogP contribution >= 0.6 is 23.2 Å². The summed E-state index contributed by atoms with van der Waals surface area (Å²) >= 11 is 12.6. The highest BCUT2D eigenvalue weighted by atomic mass is 35.5. The number of anilines is 3. The quantitative estimate of drug-likeness (QED) is 0.468. The van der Waals surface area contributed by atoms with Gasteiger partial charge in [-0.25, -0.2) is 4.98 Å². The van der Waals surface area contributed by atoms with Crippen molar-refractivity contribution < 1.29 is 14.3 Å². The summed E-state index contributed by atoms with van der Waals surface area (Å²) in [6.45, 7) is 7.00. The molecule has 0 unspecified atom stereocenters. The SMILES string of the molecule is COCCN1CCc2cc(Nc3ncc4c(n3)OCN(c3c(Cl)cccc3Cl)C4=O)ccc2C1(C)C. The van der Waals surface area contributed by atoms with Crippen LogP contribution in [0.4, 0.5) is 17.3 Å². The second kappa shape index (κ2) is 9.86. The van der Waals surface area contributed by atoms with Crippen molar-refractivity contribution in [3.8, 4) is 5.88 Å². The van der Waals surface area contributed by atoms with Gasteiger partial charge in [-0.05, 0) is 55.7 Å². The van der Waals surface area contributed by atoms with E-state index in [0.29, 0.717) is 28.3 Å². The molecule has 0 spiro atoms. The lowest BCUT2D eigenvalue weighted by atomic mass is 9.83. The molecule has 0 saturated carbocycles. The molecule has 0 atom stereocenters. The Labute approximate surface area is 220 Å². The van der Waals surface area contributed by atoms with Gasteiger partial charge in [-0.2, -0.15) is 4.98 Å². The summed E-state index contributed by atoms with van der Waals surface area (Å²) in [7, 11) is 1.73. The van der Waals surface area contributed by atoms with E-state index in [0.717, 1.165) is 25.2 Å². The fraction of sp³-hybridized carbons (Fsp3) is 0.346. The second-order valence-corrected chi connectivity index (χ2v) is 10.1. The molecule has 1 N–H and O–H groups in total. The van der Waals surface area contributed by atoms with Gasteiger partial charge in [-0.3, -0.25) is 14.6 Å². The minimum Gasteiger partial charge on any atom is -0.455 e. The standard InChI is InChI=1S/C26H27Cl2N5O3/c1-26(2)19-8-7-17(13-16(19)9-10-32(26)11-12-35-3)30-25-29-14-18-23(31-25)36-15-33(24(18)34)22-20(27)5-4-6-21(22)28/h4-8,13-14H,9-12,15H2,1-3H3,(H,29,30,31). The van der Waals surface area contributed by atoms with Gasteiger partial charge >= 0.3 is 0 Å². The molecule has 3 heterocycles. The predicted molar refractivity (Wildman–Crippen MR) is 141 cm³/mol. The van der Waals surface area contributed by atoms with E-state index in [4.69, 9.17) is 32.7 Å². The lowest BCUT2D eigenvalue weighted by Gasteiger charge is -2.44. The van der Waals surface area contributed by atoms with Crippen molar-refractivity contribution in [2.45, 2.75) is 25.8 Å². The van der Waals surface area contributed by atoms with E-state index >= 15 is 0 Å². The molecule has 1 aromatic heterocycles. The Hall–Kier alpha value is -2.91. The molecule has 8 nitrogen and oxygen atoms in total. The van der Waals surface area contributed by atoms with Crippen molar-refractivity contribution in [1.82, 2.24) is 14.9 Å². The maximum atomic E-state index is 13.1. The Morgan fingerprint density at radius 3 is 2.72 bits per heavy atom. The first-order valence-corrected chi connectivity index (χ1v) is 12.5. The zero-order chi connectivity index (χ0) is 25.4. The minimum absolute atomic E-state index is 0.0563. The number of hydrogen-bond donors (Lipinski definition) is 1. The molecular weight excluding hydrogens is 501 g/mol. The van der Waals surface area contributed by atoms with E-state index in [9.17, 15) is 4.79 Å². The summed E-state index contributed by atoms with van der Waals surface area (Å²) in [5.41, 5.74) is 4.02. The van der Waals surface area contributed by atoms with E-state index in [-0.39, 0.29) is 29.6 Å². The number of nitrogens with zero attached hydrogens (tertiary/aromatic N) is 4. The highest BCUT2D eigenvalue weighted by molar-refractivity contribution is 6.40. The van der Waals surface area contributed by atoms with Crippen molar-refractivity contribution in [3.63, 3.8) is 0 Å². The number of amides is 1. The molecule has 1 amide bonds. The molecule has 0 saturated heterocycles. The monoisotopic (exact) mass is 527 g/mol. The zero-order valence-electron chi connectivity index (χ0n) is 20.3. The summed E-state index contributed by atoms with van der Waals surface area (Å²) in [4.78, 5) is 25.7. The average molecular weight is 528 g/mol. The maximum absolute atomic E-state index is 13.1. The number of rotatable bonds is 6. The number of carbonyl (C=O) groups is 1. The molecule has 0 fully saturated rings. The van der Waals surface area contributed by atoms with Crippen molar-refractivity contribution in [2.24, 2.45) is 0 Å². The van der Waals surface area contributed by atoms with Gasteiger partial charge in [0.1, 0.15) is 5.56 Å². The Kier molecular flexibility index (Phi) is 6.78. The fourth-order valence-corrected chi connectivity index (χ4v) is 5.43. The normalized spacial score (nSPS) is 16.8. The molecule has 10 heteroatoms. The van der Waals surface area contributed by atoms with E-state index in [1.54, 1.807) is 25.3 Å². The number of carbonyl (C=O) groups excluding carboxylic acids is 1. The number of nitrogens with one attached hydrogen (secondary N) is 1. The van der Waals surface area contributed by atoms with Crippen molar-refractivity contribution >= 4 is 46.4 Å². The molecular formula is C26H27Cl2N5O3. The second-order valence-electron chi connectivity index (χ2n) is 9.28. The van der Waals surface area contributed by atoms with E-state index < -0.39 is 0 Å². The lowest BCUT2D eigenvalue weighted by Crippen LogP contribution is -2.48. The molecule has 2 aromatic carbocycles. The van der Waals surface area contributed by atoms with Crippen LogP contribution in [0.2, 0.25) is 10.0 Å². The van der Waals surface area contributed by atoms with E-state index in [1.807, 2.05) is 6.07 Å². The van der Waals surface area contributed by atoms with Crippen molar-refractivity contribution in [2.75, 3.05) is 43.8 Å². The maximum Gasteiger partial charge on any atom is 0.268 e. The molecule has 2 aliphatic heterocycles. The van der Waals surface area contributed by atoms with Gasteiger partial charge in [-0.1, -0.05) is 35.3 Å². The Morgan fingerprint density at radius 1 is 1.19 bits per heavy atom. The number of aromatic nitrogens is 2. The highest BCUT2D eigenvalue weighted by Crippen LogP contribution is 2.38. The summed E-state index contributed by atoms with van der Waals surface area (Å²) in [6.07, 6.45) is 2.40. The number of ether oxygens (including phenoxy) is 2. The molecule has 0 aliphatic carbocycles. The summed E-state index contributed by atoms with van der Waals surface area (Å²) < 4.78 is 11.1. The molecule has 2 aliphatic rings. The smallest absolute Gasteiger partial charge is 0.268 e. The number of hydrogen-bond acceptors (Lipinski definition) is 7. The van der Waals surface area contributed by atoms with Crippen LogP contribution in [0, 0.1) is 0 Å². The first-order chi connectivity index (χ1) is 17.3. The minimum atomic E-state index is -0.327. The number of halogens is 2. The Morgan fingerprint density at radius 2 is 1.97 bits per heavy atom. The van der Waals surface area contributed by atoms with Crippen molar-refractivity contribution in [3.05, 3.63) is 69.3 Å². The Balaban J connectivity index is 1.35. The van der Waals surface area contributed by atoms with Crippen LogP contribution in [-0.4, -0.2) is 54.3 Å². The van der Waals surface area contributed by atoms with Crippen LogP contribution in [0.5, 0.6) is 5.88 Å². The molecule has 5 rings (SSSR count). The molecule has 188 valence electrons.